The van der Waals surface area contributed by atoms with Gasteiger partial charge in [0.15, 0.2) is 0 Å². The molecule has 4 rings (SSSR count). The van der Waals surface area contributed by atoms with E-state index in [9.17, 15) is 0 Å². The number of nitrogens with zero attached hydrogens (tertiary/aromatic N) is 3. The van der Waals surface area contributed by atoms with Gasteiger partial charge in [-0.25, -0.2) is 0 Å². The first-order valence-electron chi connectivity index (χ1n) is 8.63. The Balaban J connectivity index is 2.09. The van der Waals surface area contributed by atoms with Crippen molar-refractivity contribution in [2.45, 2.75) is 40.0 Å². The molecule has 0 atom stereocenters. The number of fused-ring (bicyclic) bond motifs is 3. The van der Waals surface area contributed by atoms with Crippen LogP contribution < -0.4 is 4.90 Å². The highest BCUT2D eigenvalue weighted by atomic mass is 15.1. The summed E-state index contributed by atoms with van der Waals surface area (Å²) in [6.45, 7) is 8.68. The van der Waals surface area contributed by atoms with Gasteiger partial charge in [-0.1, -0.05) is 6.92 Å². The fourth-order valence-electron chi connectivity index (χ4n) is 3.72. The summed E-state index contributed by atoms with van der Waals surface area (Å²) in [6, 6.07) is 8.93. The average Bonchev–Trinajstić information content (AvgIpc) is 3.07. The predicted octanol–water partition coefficient (Wildman–Crippen LogP) is 4.56. The van der Waals surface area contributed by atoms with E-state index in [1.54, 1.807) is 0 Å². The molecule has 0 amide bonds. The minimum Gasteiger partial charge on any atom is -0.371 e. The van der Waals surface area contributed by atoms with Crippen molar-refractivity contribution in [2.24, 2.45) is 0 Å². The van der Waals surface area contributed by atoms with E-state index in [1.807, 2.05) is 0 Å². The molecular formula is C20H23N3. The minimum atomic E-state index is 0.961. The number of rotatable bonds is 2. The highest BCUT2D eigenvalue weighted by Crippen LogP contribution is 2.34. The van der Waals surface area contributed by atoms with Gasteiger partial charge in [0, 0.05) is 40.9 Å². The lowest BCUT2D eigenvalue weighted by Gasteiger charge is -2.21. The van der Waals surface area contributed by atoms with E-state index in [1.165, 1.54) is 40.6 Å². The molecule has 1 aromatic carbocycles. The summed E-state index contributed by atoms with van der Waals surface area (Å²) < 4.78 is 0. The van der Waals surface area contributed by atoms with Crippen molar-refractivity contribution >= 4 is 27.5 Å². The third kappa shape index (κ3) is 2.35. The van der Waals surface area contributed by atoms with Crippen LogP contribution in [0.25, 0.3) is 21.8 Å². The van der Waals surface area contributed by atoms with Crippen LogP contribution in [0.1, 0.15) is 36.7 Å². The number of pyridine rings is 2. The van der Waals surface area contributed by atoms with Crippen LogP contribution in [-0.2, 0) is 6.42 Å². The van der Waals surface area contributed by atoms with Crippen LogP contribution in [0.15, 0.2) is 24.3 Å². The van der Waals surface area contributed by atoms with Gasteiger partial charge < -0.3 is 4.90 Å². The largest absolute Gasteiger partial charge is 0.371 e. The zero-order chi connectivity index (χ0) is 16.0. The van der Waals surface area contributed by atoms with E-state index < -0.39 is 0 Å². The quantitative estimate of drug-likeness (QED) is 0.650. The fourth-order valence-corrected chi connectivity index (χ4v) is 3.72. The smallest absolute Gasteiger partial charge is 0.0988 e. The van der Waals surface area contributed by atoms with Gasteiger partial charge in [0.1, 0.15) is 0 Å². The van der Waals surface area contributed by atoms with Gasteiger partial charge in [0.2, 0.25) is 0 Å². The first-order chi connectivity index (χ1) is 11.2. The normalized spacial score (nSPS) is 15.0. The molecule has 1 saturated heterocycles. The van der Waals surface area contributed by atoms with Gasteiger partial charge in [-0.2, -0.15) is 0 Å². The van der Waals surface area contributed by atoms with Crippen LogP contribution in [-0.4, -0.2) is 23.1 Å². The topological polar surface area (TPSA) is 29.0 Å². The Labute approximate surface area is 137 Å². The number of benzene rings is 1. The average molecular weight is 305 g/mol. The van der Waals surface area contributed by atoms with Gasteiger partial charge in [-0.3, -0.25) is 9.97 Å². The zero-order valence-corrected chi connectivity index (χ0v) is 14.2. The lowest BCUT2D eigenvalue weighted by molar-refractivity contribution is 0.949. The first-order valence-corrected chi connectivity index (χ1v) is 8.63. The lowest BCUT2D eigenvalue weighted by Crippen LogP contribution is -2.18. The molecule has 0 N–H and O–H groups in total. The predicted molar refractivity (Wildman–Crippen MR) is 97.3 cm³/mol. The molecule has 0 bridgehead atoms. The van der Waals surface area contributed by atoms with Crippen molar-refractivity contribution in [3.8, 4) is 0 Å². The molecule has 0 saturated carbocycles. The standard InChI is InChI=1S/C20H23N3/c1-4-17-13(2)11-15-12-18(23-9-5-6-10-23)16-8-7-14(3)21-20(16)19(15)22-17/h7-8,11-12H,4-6,9-10H2,1-3H3. The number of hydrogen-bond donors (Lipinski definition) is 0. The molecule has 0 spiro atoms. The fraction of sp³-hybridized carbons (Fsp3) is 0.400. The van der Waals surface area contributed by atoms with Gasteiger partial charge in [0.05, 0.1) is 11.0 Å². The third-order valence-electron chi connectivity index (χ3n) is 4.96. The van der Waals surface area contributed by atoms with Crippen molar-refractivity contribution < 1.29 is 0 Å². The van der Waals surface area contributed by atoms with Crippen molar-refractivity contribution in [1.82, 2.24) is 9.97 Å². The van der Waals surface area contributed by atoms with Gasteiger partial charge in [0.25, 0.3) is 0 Å². The molecule has 0 radical (unpaired) electrons. The second-order valence-corrected chi connectivity index (χ2v) is 6.62. The molecular weight excluding hydrogens is 282 g/mol. The lowest BCUT2D eigenvalue weighted by atomic mass is 10.0. The second kappa shape index (κ2) is 5.48. The Morgan fingerprint density at radius 3 is 2.52 bits per heavy atom. The van der Waals surface area contributed by atoms with E-state index >= 15 is 0 Å². The monoisotopic (exact) mass is 305 g/mol. The van der Waals surface area contributed by atoms with Crippen LogP contribution >= 0.6 is 0 Å². The van der Waals surface area contributed by atoms with Crippen LogP contribution in [0.2, 0.25) is 0 Å². The molecule has 0 aliphatic carbocycles. The summed E-state index contributed by atoms with van der Waals surface area (Å²) in [5.41, 5.74) is 6.93. The Bertz CT molecular complexity index is 892. The van der Waals surface area contributed by atoms with Gasteiger partial charge in [-0.05, 0) is 62.9 Å². The van der Waals surface area contributed by atoms with Crippen LogP contribution in [0, 0.1) is 13.8 Å². The van der Waals surface area contributed by atoms with Gasteiger partial charge >= 0.3 is 0 Å². The molecule has 1 aliphatic rings. The maximum absolute atomic E-state index is 4.95. The number of aryl methyl sites for hydroxylation is 3. The van der Waals surface area contributed by atoms with Crippen molar-refractivity contribution in [1.29, 1.82) is 0 Å². The molecule has 1 fully saturated rings. The van der Waals surface area contributed by atoms with Crippen molar-refractivity contribution in [3.63, 3.8) is 0 Å². The molecule has 3 nitrogen and oxygen atoms in total. The zero-order valence-electron chi connectivity index (χ0n) is 14.2. The second-order valence-electron chi connectivity index (χ2n) is 6.62. The highest BCUT2D eigenvalue weighted by Gasteiger charge is 2.18. The van der Waals surface area contributed by atoms with Crippen LogP contribution in [0.3, 0.4) is 0 Å². The molecule has 3 heterocycles. The van der Waals surface area contributed by atoms with E-state index in [2.05, 4.69) is 49.9 Å². The van der Waals surface area contributed by atoms with E-state index in [0.29, 0.717) is 0 Å². The SMILES string of the molecule is CCc1nc2c(cc1C)cc(N1CCCC1)c1ccc(C)nc12. The molecule has 3 aromatic rings. The van der Waals surface area contributed by atoms with Crippen molar-refractivity contribution in [2.75, 3.05) is 18.0 Å². The Kier molecular flexibility index (Phi) is 3.44. The Hall–Kier alpha value is -2.16. The van der Waals surface area contributed by atoms with Crippen LogP contribution in [0.5, 0.6) is 0 Å². The van der Waals surface area contributed by atoms with Gasteiger partial charge in [-0.15, -0.1) is 0 Å². The number of hydrogen-bond acceptors (Lipinski definition) is 3. The molecule has 118 valence electrons. The van der Waals surface area contributed by atoms with E-state index in [-0.39, 0.29) is 0 Å². The maximum atomic E-state index is 4.95. The highest BCUT2D eigenvalue weighted by molar-refractivity contribution is 6.09. The van der Waals surface area contributed by atoms with Crippen LogP contribution in [0.4, 0.5) is 5.69 Å². The summed E-state index contributed by atoms with van der Waals surface area (Å²) >= 11 is 0. The van der Waals surface area contributed by atoms with Crippen molar-refractivity contribution in [3.05, 3.63) is 41.2 Å². The summed E-state index contributed by atoms with van der Waals surface area (Å²) in [6.07, 6.45) is 3.53. The molecule has 2 aromatic heterocycles. The Morgan fingerprint density at radius 2 is 1.78 bits per heavy atom. The summed E-state index contributed by atoms with van der Waals surface area (Å²) in [5, 5.41) is 2.45. The number of aromatic nitrogens is 2. The van der Waals surface area contributed by atoms with E-state index in [4.69, 9.17) is 9.97 Å². The molecule has 23 heavy (non-hydrogen) atoms. The third-order valence-corrected chi connectivity index (χ3v) is 4.96. The molecule has 3 heteroatoms. The minimum absolute atomic E-state index is 0.961. The first kappa shape index (κ1) is 14.4. The Morgan fingerprint density at radius 1 is 1.00 bits per heavy atom. The maximum Gasteiger partial charge on any atom is 0.0988 e. The summed E-state index contributed by atoms with van der Waals surface area (Å²) in [5.74, 6) is 0. The molecule has 0 unspecified atom stereocenters. The van der Waals surface area contributed by atoms with E-state index in [0.717, 1.165) is 36.2 Å². The summed E-state index contributed by atoms with van der Waals surface area (Å²) in [4.78, 5) is 12.3. The summed E-state index contributed by atoms with van der Waals surface area (Å²) in [7, 11) is 0. The molecule has 1 aliphatic heterocycles. The number of anilines is 1.